The Bertz CT molecular complexity index is 814. The molecule has 216 valence electrons. The predicted molar refractivity (Wildman–Crippen MR) is 186 cm³/mol. The molecule has 0 spiro atoms. The Labute approximate surface area is 259 Å². The van der Waals surface area contributed by atoms with Gasteiger partial charge in [0.15, 0.2) is 0 Å². The molecule has 0 fully saturated rings. The van der Waals surface area contributed by atoms with Crippen molar-refractivity contribution in [2.24, 2.45) is 0 Å². The molecule has 6 nitrogen and oxygen atoms in total. The minimum atomic E-state index is -0.480. The summed E-state index contributed by atoms with van der Waals surface area (Å²) in [6.07, 6.45) is 1.48. The van der Waals surface area contributed by atoms with Crippen LogP contribution in [0.2, 0.25) is 0 Å². The maximum Gasteiger partial charge on any atom is 0.336 e. The molecule has 1 rings (SSSR count). The smallest absolute Gasteiger partial charge is 0.247 e. The van der Waals surface area contributed by atoms with Crippen molar-refractivity contribution >= 4 is 95.8 Å². The number of thiol groups is 2. The summed E-state index contributed by atoms with van der Waals surface area (Å²) < 4.78 is 3.70. The quantitative estimate of drug-likeness (QED) is 0.118. The lowest BCUT2D eigenvalue weighted by Gasteiger charge is -2.13. The molecule has 0 radical (unpaired) electrons. The van der Waals surface area contributed by atoms with Crippen LogP contribution in [0.25, 0.3) is 0 Å². The maximum absolute atomic E-state index is 13.0. The highest BCUT2D eigenvalue weighted by molar-refractivity contribution is 8.05. The van der Waals surface area contributed by atoms with Gasteiger partial charge in [0.1, 0.15) is 0 Å². The predicted octanol–water partition coefficient (Wildman–Crippen LogP) is 4.23. The SMILES string of the molecule is CCn1c(=O)n(CCCSCCSCCSCCS)c(=O)n(CCCSCCSCCSCCS)c1=O. The summed E-state index contributed by atoms with van der Waals surface area (Å²) in [7, 11) is 0. The van der Waals surface area contributed by atoms with Crippen molar-refractivity contribution in [3.63, 3.8) is 0 Å². The van der Waals surface area contributed by atoms with Gasteiger partial charge in [-0.3, -0.25) is 0 Å². The molecule has 0 amide bonds. The highest BCUT2D eigenvalue weighted by atomic mass is 32.2. The normalized spacial score (nSPS) is 11.4. The Kier molecular flexibility index (Phi) is 24.4. The highest BCUT2D eigenvalue weighted by Gasteiger charge is 2.14. The lowest BCUT2D eigenvalue weighted by molar-refractivity contribution is 0.449. The summed E-state index contributed by atoms with van der Waals surface area (Å²) in [5, 5.41) is 0. The number of thioether (sulfide) groups is 6. The van der Waals surface area contributed by atoms with Crippen molar-refractivity contribution in [1.82, 2.24) is 13.7 Å². The van der Waals surface area contributed by atoms with Crippen molar-refractivity contribution in [3.8, 4) is 0 Å². The molecular formula is C23H43N3O3S8. The van der Waals surface area contributed by atoms with E-state index in [2.05, 4.69) is 25.3 Å². The van der Waals surface area contributed by atoms with E-state index in [1.165, 1.54) is 36.7 Å². The fourth-order valence-corrected chi connectivity index (χ4v) is 9.89. The topological polar surface area (TPSA) is 66.0 Å². The second kappa shape index (κ2) is 25.0. The van der Waals surface area contributed by atoms with E-state index in [1.54, 1.807) is 6.92 Å². The summed E-state index contributed by atoms with van der Waals surface area (Å²) in [6.45, 7) is 2.76. The van der Waals surface area contributed by atoms with Crippen LogP contribution in [0.15, 0.2) is 14.4 Å². The number of hydrogen-bond donors (Lipinski definition) is 2. The number of nitrogens with zero attached hydrogens (tertiary/aromatic N) is 3. The molecule has 0 unspecified atom stereocenters. The van der Waals surface area contributed by atoms with Gasteiger partial charge in [0.25, 0.3) is 0 Å². The molecule has 0 saturated heterocycles. The molecule has 0 aliphatic heterocycles. The third-order valence-corrected chi connectivity index (χ3v) is 13.2. The first kappa shape index (κ1) is 36.2. The number of aromatic nitrogens is 3. The lowest BCUT2D eigenvalue weighted by atomic mass is 10.4. The first-order valence-corrected chi connectivity index (χ1v) is 20.9. The molecule has 0 aliphatic rings. The van der Waals surface area contributed by atoms with Crippen LogP contribution in [0.1, 0.15) is 19.8 Å². The van der Waals surface area contributed by atoms with Crippen LogP contribution >= 0.6 is 95.8 Å². The molecule has 0 saturated carbocycles. The monoisotopic (exact) mass is 665 g/mol. The zero-order valence-electron chi connectivity index (χ0n) is 21.8. The van der Waals surface area contributed by atoms with Crippen LogP contribution < -0.4 is 17.1 Å². The van der Waals surface area contributed by atoms with Crippen LogP contribution in [0.3, 0.4) is 0 Å². The van der Waals surface area contributed by atoms with Gasteiger partial charge in [-0.1, -0.05) is 0 Å². The van der Waals surface area contributed by atoms with Gasteiger partial charge in [0, 0.05) is 77.2 Å². The average Bonchev–Trinajstić information content (AvgIpc) is 2.89. The standard InChI is InChI=1S/C23H43N3O3S8/c1-2-24-21(27)25(5-3-9-32-13-17-36-19-15-34-11-7-30)23(29)26(22(24)28)6-4-10-33-14-18-37-20-16-35-12-8-31/h30-31H,2-20H2,1H3. The van der Waals surface area contributed by atoms with Gasteiger partial charge < -0.3 is 0 Å². The van der Waals surface area contributed by atoms with Crippen molar-refractivity contribution in [2.45, 2.75) is 39.4 Å². The van der Waals surface area contributed by atoms with Crippen molar-refractivity contribution in [3.05, 3.63) is 31.5 Å². The Balaban J connectivity index is 2.40. The highest BCUT2D eigenvalue weighted by Crippen LogP contribution is 2.12. The minimum Gasteiger partial charge on any atom is -0.247 e. The summed E-state index contributed by atoms with van der Waals surface area (Å²) in [5.41, 5.74) is -1.42. The zero-order valence-corrected chi connectivity index (χ0v) is 28.5. The summed E-state index contributed by atoms with van der Waals surface area (Å²) in [6, 6.07) is 0. The van der Waals surface area contributed by atoms with E-state index in [0.717, 1.165) is 70.4 Å². The van der Waals surface area contributed by atoms with Gasteiger partial charge in [-0.05, 0) is 42.8 Å². The van der Waals surface area contributed by atoms with E-state index in [4.69, 9.17) is 0 Å². The summed E-state index contributed by atoms with van der Waals surface area (Å²) in [5.74, 6) is 14.9. The van der Waals surface area contributed by atoms with Crippen molar-refractivity contribution in [2.75, 3.05) is 80.5 Å². The molecule has 0 bridgehead atoms. The maximum atomic E-state index is 13.0. The Morgan fingerprint density at radius 3 is 1.11 bits per heavy atom. The Morgan fingerprint density at radius 1 is 0.486 bits per heavy atom. The van der Waals surface area contributed by atoms with E-state index in [-0.39, 0.29) is 6.54 Å². The minimum absolute atomic E-state index is 0.272. The zero-order chi connectivity index (χ0) is 27.1. The molecule has 0 N–H and O–H groups in total. The molecule has 0 aromatic carbocycles. The fourth-order valence-electron chi connectivity index (χ4n) is 3.20. The fraction of sp³-hybridized carbons (Fsp3) is 0.870. The molecule has 0 atom stereocenters. The van der Waals surface area contributed by atoms with Crippen LogP contribution in [0, 0.1) is 0 Å². The van der Waals surface area contributed by atoms with Crippen LogP contribution in [-0.4, -0.2) is 94.2 Å². The Morgan fingerprint density at radius 2 is 0.784 bits per heavy atom. The van der Waals surface area contributed by atoms with E-state index < -0.39 is 17.1 Å². The number of hydrogen-bond acceptors (Lipinski definition) is 11. The largest absolute Gasteiger partial charge is 0.336 e. The number of rotatable bonds is 25. The van der Waals surface area contributed by atoms with E-state index >= 15 is 0 Å². The van der Waals surface area contributed by atoms with Gasteiger partial charge in [-0.25, -0.2) is 28.1 Å². The van der Waals surface area contributed by atoms with E-state index in [0.29, 0.717) is 13.1 Å². The van der Waals surface area contributed by atoms with Crippen LogP contribution in [0.4, 0.5) is 0 Å². The molecule has 1 aromatic rings. The molecule has 1 heterocycles. The van der Waals surface area contributed by atoms with Gasteiger partial charge >= 0.3 is 17.1 Å². The van der Waals surface area contributed by atoms with Gasteiger partial charge in [0.05, 0.1) is 0 Å². The molecule has 1 aromatic heterocycles. The van der Waals surface area contributed by atoms with E-state index in [1.807, 2.05) is 70.6 Å². The lowest BCUT2D eigenvalue weighted by Crippen LogP contribution is -2.54. The first-order chi connectivity index (χ1) is 18.1. The molecule has 37 heavy (non-hydrogen) atoms. The average molecular weight is 666 g/mol. The van der Waals surface area contributed by atoms with Gasteiger partial charge in [-0.15, -0.1) is 0 Å². The summed E-state index contributed by atoms with van der Waals surface area (Å²) >= 11 is 20.0. The van der Waals surface area contributed by atoms with Crippen molar-refractivity contribution in [1.29, 1.82) is 0 Å². The first-order valence-electron chi connectivity index (χ1n) is 12.7. The van der Waals surface area contributed by atoms with Crippen molar-refractivity contribution < 1.29 is 0 Å². The molecule has 0 aliphatic carbocycles. The molecular weight excluding hydrogens is 623 g/mol. The second-order valence-electron chi connectivity index (χ2n) is 7.72. The third kappa shape index (κ3) is 16.3. The third-order valence-electron chi connectivity index (χ3n) is 5.00. The molecule has 14 heteroatoms. The van der Waals surface area contributed by atoms with Crippen LogP contribution in [0.5, 0.6) is 0 Å². The van der Waals surface area contributed by atoms with E-state index in [9.17, 15) is 14.4 Å². The van der Waals surface area contributed by atoms with Gasteiger partial charge in [0.2, 0.25) is 0 Å². The second-order valence-corrected chi connectivity index (χ2v) is 16.0. The van der Waals surface area contributed by atoms with Gasteiger partial charge in [-0.2, -0.15) is 95.8 Å². The Hall–Kier alpha value is 1.21. The summed E-state index contributed by atoms with van der Waals surface area (Å²) in [4.78, 5) is 38.5. The van der Waals surface area contributed by atoms with Crippen LogP contribution in [-0.2, 0) is 19.6 Å².